The molecule has 0 radical (unpaired) electrons. The number of fused-ring (bicyclic) bond motifs is 17. The molecular formula is C40H52N6O7S. The van der Waals surface area contributed by atoms with Crippen molar-refractivity contribution in [3.05, 3.63) is 75.2 Å². The van der Waals surface area contributed by atoms with E-state index >= 15 is 0 Å². The van der Waals surface area contributed by atoms with E-state index < -0.39 is 41.8 Å². The fraction of sp³-hybridized carbons (Fsp3) is 0.500. The Morgan fingerprint density at radius 2 is 1.70 bits per heavy atom. The number of aryl methyl sites for hydroxylation is 2. The summed E-state index contributed by atoms with van der Waals surface area (Å²) in [7, 11) is 1.56. The summed E-state index contributed by atoms with van der Waals surface area (Å²) in [6.45, 7) is 9.72. The standard InChI is InChI=1S/C40H52N6O7S/c1-23(2)17-30-22-53-32-15-11-28(12-16-32)19-34(45-39(50)36-24(3)41-26(5)54-36)38(49)44-33(18-27-9-13-31(52-6)14-10-27)37(48)42-25(4)40(51)46(20-29-7-8-29)21-35(47)43-30/h9-16,23,25,29-30,33-34H,7-8,17-22H2,1-6H3,(H,42,48)(H,43,47)(H,44,49)(H,45,50)/t25-,30+,33+,34+/m1/s1. The number of carbonyl (C=O) groups is 5. The number of rotatable bonds is 9. The van der Waals surface area contributed by atoms with Crippen LogP contribution in [-0.4, -0.2) is 90.4 Å². The second kappa shape index (κ2) is 18.4. The molecule has 0 unspecified atom stereocenters. The van der Waals surface area contributed by atoms with Gasteiger partial charge in [-0.25, -0.2) is 4.98 Å². The van der Waals surface area contributed by atoms with Crippen LogP contribution in [0.3, 0.4) is 0 Å². The van der Waals surface area contributed by atoms with Crippen LogP contribution >= 0.6 is 11.3 Å². The molecule has 4 atom stereocenters. The predicted octanol–water partition coefficient (Wildman–Crippen LogP) is 3.50. The molecule has 290 valence electrons. The van der Waals surface area contributed by atoms with E-state index in [0.717, 1.165) is 29.0 Å². The highest BCUT2D eigenvalue weighted by molar-refractivity contribution is 7.13. The molecule has 1 aromatic heterocycles. The van der Waals surface area contributed by atoms with E-state index in [-0.39, 0.29) is 43.9 Å². The lowest BCUT2D eigenvalue weighted by molar-refractivity contribution is -0.140. The summed E-state index contributed by atoms with van der Waals surface area (Å²) in [5.74, 6) is -0.534. The Hall–Kier alpha value is -4.98. The molecule has 13 nitrogen and oxygen atoms in total. The first-order valence-corrected chi connectivity index (χ1v) is 19.4. The van der Waals surface area contributed by atoms with Crippen LogP contribution < -0.4 is 30.7 Å². The van der Waals surface area contributed by atoms with Crippen LogP contribution in [0.15, 0.2) is 48.5 Å². The second-order valence-corrected chi connectivity index (χ2v) is 15.9. The van der Waals surface area contributed by atoms with Gasteiger partial charge >= 0.3 is 0 Å². The number of methoxy groups -OCH3 is 1. The fourth-order valence-corrected chi connectivity index (χ4v) is 7.31. The number of nitrogens with zero attached hydrogens (tertiary/aromatic N) is 2. The van der Waals surface area contributed by atoms with Gasteiger partial charge in [0.25, 0.3) is 5.91 Å². The minimum atomic E-state index is -1.12. The number of nitrogens with one attached hydrogen (secondary N) is 4. The van der Waals surface area contributed by atoms with E-state index in [9.17, 15) is 24.0 Å². The number of ether oxygens (including phenoxy) is 2. The lowest BCUT2D eigenvalue weighted by Crippen LogP contribution is -2.58. The lowest BCUT2D eigenvalue weighted by Gasteiger charge is -2.29. The van der Waals surface area contributed by atoms with E-state index in [0.29, 0.717) is 41.0 Å². The first-order valence-electron chi connectivity index (χ1n) is 18.6. The maximum Gasteiger partial charge on any atom is 0.263 e. The predicted molar refractivity (Wildman–Crippen MR) is 205 cm³/mol. The van der Waals surface area contributed by atoms with Crippen molar-refractivity contribution in [3.8, 4) is 11.5 Å². The Labute approximate surface area is 321 Å². The highest BCUT2D eigenvalue weighted by atomic mass is 32.1. The van der Waals surface area contributed by atoms with Crippen molar-refractivity contribution in [3.63, 3.8) is 0 Å². The number of amides is 5. The average molecular weight is 761 g/mol. The fourth-order valence-electron chi connectivity index (χ4n) is 6.49. The molecule has 6 rings (SSSR count). The summed E-state index contributed by atoms with van der Waals surface area (Å²) in [6, 6.07) is 10.8. The molecule has 1 aliphatic carbocycles. The molecule has 3 aromatic rings. The maximum atomic E-state index is 14.2. The zero-order valence-electron chi connectivity index (χ0n) is 31.9. The first kappa shape index (κ1) is 40.2. The van der Waals surface area contributed by atoms with Gasteiger partial charge in [-0.3, -0.25) is 24.0 Å². The highest BCUT2D eigenvalue weighted by Crippen LogP contribution is 2.30. The van der Waals surface area contributed by atoms with Crippen LogP contribution in [0.25, 0.3) is 0 Å². The third-order valence-corrected chi connectivity index (χ3v) is 10.5. The average Bonchev–Trinajstić information content (AvgIpc) is 3.89. The van der Waals surface area contributed by atoms with Crippen molar-refractivity contribution in [2.24, 2.45) is 11.8 Å². The zero-order valence-corrected chi connectivity index (χ0v) is 32.7. The molecule has 5 amide bonds. The Morgan fingerprint density at radius 3 is 2.31 bits per heavy atom. The molecule has 54 heavy (non-hydrogen) atoms. The number of carbonyl (C=O) groups excluding carboxylic acids is 5. The molecule has 3 aliphatic rings. The number of aromatic nitrogens is 1. The minimum absolute atomic E-state index is 0.0910. The molecule has 3 heterocycles. The van der Waals surface area contributed by atoms with Gasteiger partial charge < -0.3 is 35.6 Å². The quantitative estimate of drug-likeness (QED) is 0.241. The Balaban J connectivity index is 1.48. The van der Waals surface area contributed by atoms with Crippen LogP contribution in [0.2, 0.25) is 0 Å². The minimum Gasteiger partial charge on any atom is -0.497 e. The van der Waals surface area contributed by atoms with Gasteiger partial charge in [0, 0.05) is 19.4 Å². The van der Waals surface area contributed by atoms with E-state index in [2.05, 4.69) is 40.1 Å². The molecule has 1 saturated carbocycles. The summed E-state index contributed by atoms with van der Waals surface area (Å²) in [4.78, 5) is 75.4. The Bertz CT molecular complexity index is 1790. The van der Waals surface area contributed by atoms with E-state index in [1.54, 1.807) is 57.4 Å². The van der Waals surface area contributed by atoms with Crippen molar-refractivity contribution in [1.82, 2.24) is 31.2 Å². The Morgan fingerprint density at radius 1 is 1.00 bits per heavy atom. The third kappa shape index (κ3) is 11.5. The van der Waals surface area contributed by atoms with E-state index in [1.807, 2.05) is 19.1 Å². The third-order valence-electron chi connectivity index (χ3n) is 9.45. The summed E-state index contributed by atoms with van der Waals surface area (Å²) < 4.78 is 11.4. The van der Waals surface area contributed by atoms with E-state index in [1.165, 1.54) is 16.2 Å². The monoisotopic (exact) mass is 760 g/mol. The van der Waals surface area contributed by atoms with Gasteiger partial charge in [-0.15, -0.1) is 11.3 Å². The SMILES string of the molecule is COc1ccc(C[C@@H]2NC(=O)[C@@H](NC(=O)c3sc(C)nc3C)Cc3ccc(cc3)OC[C@H](CC(C)C)NC(=O)CN(CC3CC3)C(=O)[C@@H](C)NC2=O)cc1. The zero-order chi connectivity index (χ0) is 38.9. The molecule has 2 bridgehead atoms. The molecular weight excluding hydrogens is 709 g/mol. The van der Waals surface area contributed by atoms with Gasteiger partial charge in [0.2, 0.25) is 23.6 Å². The topological polar surface area (TPSA) is 168 Å². The molecule has 2 aromatic carbocycles. The molecule has 0 spiro atoms. The van der Waals surface area contributed by atoms with Gasteiger partial charge in [0.1, 0.15) is 41.1 Å². The summed E-state index contributed by atoms with van der Waals surface area (Å²) in [5.41, 5.74) is 2.04. The normalized spacial score (nSPS) is 21.9. The molecule has 1 fully saturated rings. The summed E-state index contributed by atoms with van der Waals surface area (Å²) in [6.07, 6.45) is 2.79. The van der Waals surface area contributed by atoms with Crippen molar-refractivity contribution in [2.75, 3.05) is 26.8 Å². The molecule has 2 aliphatic heterocycles. The molecule has 14 heteroatoms. The van der Waals surface area contributed by atoms with Crippen molar-refractivity contribution in [2.45, 2.75) is 90.9 Å². The Kier molecular flexibility index (Phi) is 13.7. The number of hydrogen-bond acceptors (Lipinski definition) is 9. The van der Waals surface area contributed by atoms with Crippen LogP contribution in [0.1, 0.15) is 71.5 Å². The number of hydrogen-bond donors (Lipinski definition) is 4. The van der Waals surface area contributed by atoms with Gasteiger partial charge in [-0.1, -0.05) is 38.1 Å². The van der Waals surface area contributed by atoms with E-state index in [4.69, 9.17) is 9.47 Å². The number of benzene rings is 2. The molecule has 4 N–H and O–H groups in total. The maximum absolute atomic E-state index is 14.2. The first-order chi connectivity index (χ1) is 25.8. The van der Waals surface area contributed by atoms with Crippen molar-refractivity contribution < 1.29 is 33.4 Å². The van der Waals surface area contributed by atoms with Gasteiger partial charge in [-0.05, 0) is 87.3 Å². The van der Waals surface area contributed by atoms with Crippen molar-refractivity contribution in [1.29, 1.82) is 0 Å². The molecule has 0 saturated heterocycles. The van der Waals surface area contributed by atoms with Gasteiger partial charge in [0.05, 0.1) is 30.4 Å². The second-order valence-electron chi connectivity index (χ2n) is 14.7. The summed E-state index contributed by atoms with van der Waals surface area (Å²) >= 11 is 1.24. The highest BCUT2D eigenvalue weighted by Gasteiger charge is 2.34. The summed E-state index contributed by atoms with van der Waals surface area (Å²) in [5, 5.41) is 12.4. The van der Waals surface area contributed by atoms with Crippen LogP contribution in [0.4, 0.5) is 0 Å². The lowest BCUT2D eigenvalue weighted by atomic mass is 10.0. The number of thiazole rings is 1. The van der Waals surface area contributed by atoms with Crippen LogP contribution in [-0.2, 0) is 32.0 Å². The smallest absolute Gasteiger partial charge is 0.263 e. The van der Waals surface area contributed by atoms with Gasteiger partial charge in [-0.2, -0.15) is 0 Å². The van der Waals surface area contributed by atoms with Gasteiger partial charge in [0.15, 0.2) is 0 Å². The van der Waals surface area contributed by atoms with Crippen molar-refractivity contribution >= 4 is 40.9 Å². The van der Waals surface area contributed by atoms with Crippen LogP contribution in [0, 0.1) is 25.7 Å². The van der Waals surface area contributed by atoms with Crippen LogP contribution in [0.5, 0.6) is 11.5 Å². The largest absolute Gasteiger partial charge is 0.497 e.